The second-order valence-corrected chi connectivity index (χ2v) is 6.34. The molecule has 5 N–H and O–H groups in total. The number of aliphatic hydroxyl groups is 2. The van der Waals surface area contributed by atoms with Crippen LogP contribution in [0.1, 0.15) is 22.8 Å². The number of halogens is 1. The molecule has 2 rings (SSSR count). The van der Waals surface area contributed by atoms with Crippen molar-refractivity contribution < 1.29 is 31.6 Å². The first-order valence-corrected chi connectivity index (χ1v) is 7.75. The lowest BCUT2D eigenvalue weighted by Gasteiger charge is -2.24. The van der Waals surface area contributed by atoms with Crippen LogP contribution in [-0.2, 0) is 14.3 Å². The summed E-state index contributed by atoms with van der Waals surface area (Å²) in [5, 5.41) is 20.1. The second-order valence-electron chi connectivity index (χ2n) is 5.90. The highest BCUT2D eigenvalue weighted by molar-refractivity contribution is 7.71. The molecule has 0 amide bonds. The minimum absolute atomic E-state index is 0.0581. The molecule has 0 unspecified atom stereocenters. The lowest BCUT2D eigenvalue weighted by molar-refractivity contribution is -0.217. The zero-order chi connectivity index (χ0) is 20.7. The first kappa shape index (κ1) is 16.8. The number of carbonyl (C=O) groups excluding carboxylic acids is 1. The Morgan fingerprint density at radius 3 is 2.88 bits per heavy atom. The molecule has 2 heterocycles. The average molecular weight is 379 g/mol. The van der Waals surface area contributed by atoms with Crippen LogP contribution in [0, 0.1) is 10.6 Å². The van der Waals surface area contributed by atoms with E-state index in [0.717, 1.165) is 6.20 Å². The predicted octanol–water partition coefficient (Wildman–Crippen LogP) is -0.651. The molecule has 5 atom stereocenters. The van der Waals surface area contributed by atoms with Crippen molar-refractivity contribution in [2.45, 2.75) is 44.2 Å². The Hall–Kier alpha value is -1.66. The Morgan fingerprint density at radius 2 is 2.32 bits per heavy atom. The molecule has 0 radical (unpaired) electrons. The van der Waals surface area contributed by atoms with Crippen molar-refractivity contribution >= 4 is 18.2 Å². The minimum atomic E-state index is -3.67. The number of esters is 1. The molecule has 140 valence electrons. The smallest absolute Gasteiger partial charge is 0.328 e. The van der Waals surface area contributed by atoms with E-state index in [2.05, 4.69) is 9.72 Å². The van der Waals surface area contributed by atoms with Gasteiger partial charge < -0.3 is 25.4 Å². The van der Waals surface area contributed by atoms with Gasteiger partial charge in [0, 0.05) is 6.20 Å². The molecule has 9 nitrogen and oxygen atoms in total. The summed E-state index contributed by atoms with van der Waals surface area (Å²) >= 11 is 4.76. The van der Waals surface area contributed by atoms with Gasteiger partial charge in [-0.2, -0.15) is 0 Å². The van der Waals surface area contributed by atoms with Crippen molar-refractivity contribution in [2.75, 3.05) is 6.56 Å². The van der Waals surface area contributed by atoms with Crippen LogP contribution in [0.4, 0.5) is 4.39 Å². The lowest BCUT2D eigenvalue weighted by Crippen LogP contribution is -2.46. The third-order valence-electron chi connectivity index (χ3n) is 3.69. The number of nitrogens with two attached hydrogens (primary N) is 1. The largest absolute Gasteiger partial charge is 0.458 e. The summed E-state index contributed by atoms with van der Waals surface area (Å²) in [6, 6.07) is -0.00642. The number of aromatic amines is 1. The Morgan fingerprint density at radius 1 is 1.68 bits per heavy atom. The van der Waals surface area contributed by atoms with Crippen LogP contribution in [-0.4, -0.2) is 56.4 Å². The van der Waals surface area contributed by atoms with Crippen molar-refractivity contribution in [1.82, 2.24) is 9.55 Å². The number of carbonyl (C=O) groups is 1. The van der Waals surface area contributed by atoms with Crippen LogP contribution in [0.15, 0.2) is 17.1 Å². The van der Waals surface area contributed by atoms with Gasteiger partial charge in [0.15, 0.2) is 12.8 Å². The van der Waals surface area contributed by atoms with E-state index < -0.39 is 54.5 Å². The summed E-state index contributed by atoms with van der Waals surface area (Å²) in [7, 11) is 0. The Bertz CT molecular complexity index is 834. The molecule has 1 aliphatic rings. The van der Waals surface area contributed by atoms with E-state index >= 15 is 4.39 Å². The van der Waals surface area contributed by atoms with Crippen LogP contribution >= 0.6 is 12.2 Å². The minimum Gasteiger partial charge on any atom is -0.458 e. The van der Waals surface area contributed by atoms with Crippen LogP contribution < -0.4 is 11.4 Å². The average Bonchev–Trinajstić information content (AvgIpc) is 2.79. The van der Waals surface area contributed by atoms with E-state index in [1.165, 1.54) is 6.07 Å². The number of ether oxygens (including phenoxy) is 2. The van der Waals surface area contributed by atoms with Gasteiger partial charge in [0.25, 0.3) is 5.85 Å². The summed E-state index contributed by atoms with van der Waals surface area (Å²) in [4.78, 5) is 26.0. The zero-order valence-electron chi connectivity index (χ0n) is 15.4. The molecule has 11 heteroatoms. The van der Waals surface area contributed by atoms with Crippen LogP contribution in [0.5, 0.6) is 0 Å². The Labute approximate surface area is 150 Å². The van der Waals surface area contributed by atoms with Crippen LogP contribution in [0.3, 0.4) is 0 Å². The number of hydrogen-bond donors (Lipinski definition) is 4. The molecule has 1 aromatic heterocycles. The van der Waals surface area contributed by atoms with Crippen molar-refractivity contribution in [3.05, 3.63) is 27.4 Å². The maximum absolute atomic E-state index is 15.2. The number of aliphatic hydroxyl groups excluding tert-OH is 2. The predicted molar refractivity (Wildman–Crippen MR) is 85.6 cm³/mol. The van der Waals surface area contributed by atoms with Gasteiger partial charge in [-0.1, -0.05) is 26.1 Å². The fraction of sp³-hybridized carbons (Fsp3) is 0.643. The quantitative estimate of drug-likeness (QED) is 0.391. The monoisotopic (exact) mass is 379 g/mol. The number of alkyl halides is 1. The molecule has 1 saturated heterocycles. The first-order chi connectivity index (χ1) is 12.3. The molecule has 0 aliphatic carbocycles. The highest BCUT2D eigenvalue weighted by Gasteiger charge is 2.57. The third kappa shape index (κ3) is 3.96. The van der Waals surface area contributed by atoms with Crippen molar-refractivity contribution in [3.8, 4) is 0 Å². The highest BCUT2D eigenvalue weighted by atomic mass is 32.1. The standard InChI is InChI=1S/C14H20FN3O6S/c1-6(2)8(16)12(21)23-5-14(15)10(20)9(19)11(24-14)18-4-3-7(25)17-13(18)22/h3-4,6,8-11,19-20H,5,16H2,1-2H3,(H,17,22,25)/t8-,9+,10-,11+,14+/m0/s1/i5D2. The summed E-state index contributed by atoms with van der Waals surface area (Å²) in [6.45, 7) is -0.380. The molecule has 1 aliphatic heterocycles. The maximum Gasteiger partial charge on any atom is 0.328 e. The molecule has 1 aromatic rings. The highest BCUT2D eigenvalue weighted by Crippen LogP contribution is 2.38. The molecule has 0 spiro atoms. The molecular weight excluding hydrogens is 357 g/mol. The molecule has 1 fully saturated rings. The molecule has 0 aromatic carbocycles. The summed E-state index contributed by atoms with van der Waals surface area (Å²) < 4.78 is 40.8. The van der Waals surface area contributed by atoms with Gasteiger partial charge in [0.1, 0.15) is 22.9 Å². The number of nitrogens with one attached hydrogen (secondary N) is 1. The van der Waals surface area contributed by atoms with Gasteiger partial charge in [-0.25, -0.2) is 9.18 Å². The number of rotatable bonds is 5. The van der Waals surface area contributed by atoms with Gasteiger partial charge in [-0.15, -0.1) is 0 Å². The van der Waals surface area contributed by atoms with E-state index in [-0.39, 0.29) is 4.64 Å². The fourth-order valence-electron chi connectivity index (χ4n) is 2.08. The topological polar surface area (TPSA) is 140 Å². The van der Waals surface area contributed by atoms with Crippen molar-refractivity contribution in [2.24, 2.45) is 11.7 Å². The van der Waals surface area contributed by atoms with Gasteiger partial charge >= 0.3 is 11.7 Å². The second kappa shape index (κ2) is 7.30. The SMILES string of the molecule is [2H]C([2H])(OC(=O)[C@@H](N)C(C)C)[C@@]1(F)O[C@@H](n2ccc(=S)[nH]c2=O)[C@H](O)[C@@H]1O. The number of aromatic nitrogens is 2. The fourth-order valence-corrected chi connectivity index (χ4v) is 2.23. The maximum atomic E-state index is 15.2. The molecule has 0 saturated carbocycles. The zero-order valence-corrected chi connectivity index (χ0v) is 14.2. The van der Waals surface area contributed by atoms with Gasteiger partial charge in [-0.3, -0.25) is 14.3 Å². The van der Waals surface area contributed by atoms with Crippen LogP contribution in [0.2, 0.25) is 0 Å². The molecule has 0 bridgehead atoms. The lowest BCUT2D eigenvalue weighted by atomic mass is 10.1. The number of hydrogen-bond acceptors (Lipinski definition) is 8. The van der Waals surface area contributed by atoms with E-state index in [4.69, 9.17) is 25.4 Å². The van der Waals surface area contributed by atoms with E-state index in [0.29, 0.717) is 4.57 Å². The van der Waals surface area contributed by atoms with E-state index in [1.54, 1.807) is 13.8 Å². The molecule has 25 heavy (non-hydrogen) atoms. The first-order valence-electron chi connectivity index (χ1n) is 8.34. The van der Waals surface area contributed by atoms with E-state index in [1.807, 2.05) is 0 Å². The molecular formula is C14H20FN3O6S. The normalized spacial score (nSPS) is 32.2. The summed E-state index contributed by atoms with van der Waals surface area (Å²) in [5.41, 5.74) is 4.66. The number of nitrogens with zero attached hydrogens (tertiary/aromatic N) is 1. The van der Waals surface area contributed by atoms with Crippen molar-refractivity contribution in [1.29, 1.82) is 0 Å². The van der Waals surface area contributed by atoms with Gasteiger partial charge in [-0.05, 0) is 12.0 Å². The van der Waals surface area contributed by atoms with E-state index in [9.17, 15) is 19.8 Å². The van der Waals surface area contributed by atoms with Gasteiger partial charge in [0.2, 0.25) is 0 Å². The van der Waals surface area contributed by atoms with Crippen LogP contribution in [0.25, 0.3) is 0 Å². The Balaban J connectivity index is 2.34. The Kier molecular flexibility index (Phi) is 4.90. The number of H-pyrrole nitrogens is 1. The summed E-state index contributed by atoms with van der Waals surface area (Å²) in [6.07, 6.45) is -5.26. The van der Waals surface area contributed by atoms with Gasteiger partial charge in [0.05, 0.1) is 2.74 Å². The third-order valence-corrected chi connectivity index (χ3v) is 3.93. The summed E-state index contributed by atoms with van der Waals surface area (Å²) in [5.74, 6) is -5.36. The van der Waals surface area contributed by atoms with Crippen molar-refractivity contribution in [3.63, 3.8) is 0 Å².